The Hall–Kier alpha value is -1.42. The van der Waals surface area contributed by atoms with E-state index in [1.165, 1.54) is 6.07 Å². The number of aliphatic carboxylic acids is 1. The van der Waals surface area contributed by atoms with E-state index in [4.69, 9.17) is 0 Å². The van der Waals surface area contributed by atoms with Crippen LogP contribution in [0.2, 0.25) is 0 Å². The van der Waals surface area contributed by atoms with Crippen LogP contribution in [0.25, 0.3) is 0 Å². The van der Waals surface area contributed by atoms with Gasteiger partial charge in [0.15, 0.2) is 0 Å². The number of carbonyl (C=O) groups is 1. The molecule has 1 aromatic carbocycles. The molecule has 0 spiro atoms. The predicted octanol–water partition coefficient (Wildman–Crippen LogP) is 1.86. The molecule has 1 heterocycles. The number of hydrogen-bond donors (Lipinski definition) is 1. The Morgan fingerprint density at radius 1 is 1.47 bits per heavy atom. The van der Waals surface area contributed by atoms with E-state index < -0.39 is 11.9 Å². The van der Waals surface area contributed by atoms with Gasteiger partial charge in [-0.1, -0.05) is 12.1 Å². The molecule has 0 aliphatic carbocycles. The summed E-state index contributed by atoms with van der Waals surface area (Å²) in [5, 5.41) is 9.19. The number of halogens is 1. The third kappa shape index (κ3) is 2.31. The minimum atomic E-state index is -0.777. The van der Waals surface area contributed by atoms with Crippen molar-refractivity contribution in [2.24, 2.45) is 5.92 Å². The van der Waals surface area contributed by atoms with Crippen LogP contribution in [0.3, 0.4) is 0 Å². The highest BCUT2D eigenvalue weighted by Crippen LogP contribution is 2.32. The number of benzene rings is 1. The zero-order valence-corrected chi connectivity index (χ0v) is 9.98. The summed E-state index contributed by atoms with van der Waals surface area (Å²) >= 11 is 0. The van der Waals surface area contributed by atoms with Crippen LogP contribution in [0, 0.1) is 18.7 Å². The van der Waals surface area contributed by atoms with Gasteiger partial charge in [-0.25, -0.2) is 4.39 Å². The smallest absolute Gasteiger partial charge is 0.308 e. The lowest BCUT2D eigenvalue weighted by molar-refractivity contribution is -0.141. The van der Waals surface area contributed by atoms with Gasteiger partial charge < -0.3 is 10.0 Å². The summed E-state index contributed by atoms with van der Waals surface area (Å²) < 4.78 is 13.2. The molecule has 2 rings (SSSR count). The summed E-state index contributed by atoms with van der Waals surface area (Å²) in [6.45, 7) is 2.96. The molecule has 0 radical (unpaired) electrons. The summed E-state index contributed by atoms with van der Waals surface area (Å²) in [6.07, 6.45) is 0. The summed E-state index contributed by atoms with van der Waals surface area (Å²) in [4.78, 5) is 13.2. The van der Waals surface area contributed by atoms with Gasteiger partial charge in [-0.05, 0) is 31.2 Å². The maximum absolute atomic E-state index is 13.2. The lowest BCUT2D eigenvalue weighted by Gasteiger charge is -2.15. The number of nitrogens with zero attached hydrogens (tertiary/aromatic N) is 1. The first-order valence-electron chi connectivity index (χ1n) is 5.66. The first kappa shape index (κ1) is 12.0. The fourth-order valence-corrected chi connectivity index (χ4v) is 2.49. The molecular weight excluding hydrogens is 221 g/mol. The predicted molar refractivity (Wildman–Crippen MR) is 62.5 cm³/mol. The summed E-state index contributed by atoms with van der Waals surface area (Å²) in [7, 11) is 1.91. The minimum absolute atomic E-state index is 0.0446. The highest BCUT2D eigenvalue weighted by atomic mass is 19.1. The van der Waals surface area contributed by atoms with E-state index in [-0.39, 0.29) is 11.7 Å². The molecule has 0 saturated carbocycles. The number of aryl methyl sites for hydroxylation is 1. The first-order valence-corrected chi connectivity index (χ1v) is 5.66. The molecule has 0 bridgehead atoms. The average Bonchev–Trinajstić information content (AvgIpc) is 2.64. The topological polar surface area (TPSA) is 40.5 Å². The monoisotopic (exact) mass is 237 g/mol. The molecule has 92 valence electrons. The van der Waals surface area contributed by atoms with E-state index >= 15 is 0 Å². The van der Waals surface area contributed by atoms with Gasteiger partial charge in [0.2, 0.25) is 0 Å². The number of carboxylic acid groups (broad SMARTS) is 1. The quantitative estimate of drug-likeness (QED) is 0.853. The lowest BCUT2D eigenvalue weighted by Crippen LogP contribution is -2.21. The van der Waals surface area contributed by atoms with E-state index in [0.717, 1.165) is 5.56 Å². The molecule has 4 heteroatoms. The van der Waals surface area contributed by atoms with Gasteiger partial charge in [0.1, 0.15) is 5.82 Å². The molecule has 1 aliphatic heterocycles. The second-order valence-corrected chi connectivity index (χ2v) is 4.78. The molecule has 1 saturated heterocycles. The van der Waals surface area contributed by atoms with Crippen molar-refractivity contribution in [1.82, 2.24) is 4.90 Å². The molecule has 0 aromatic heterocycles. The first-order chi connectivity index (χ1) is 7.99. The number of rotatable bonds is 2. The standard InChI is InChI=1S/C13H16FNO2/c1-8-5-9(3-4-12(8)14)10-6-15(2)7-11(10)13(16)17/h3-5,10-11H,6-7H2,1-2H3,(H,16,17). The maximum Gasteiger partial charge on any atom is 0.308 e. The molecule has 17 heavy (non-hydrogen) atoms. The molecule has 1 N–H and O–H groups in total. The second-order valence-electron chi connectivity index (χ2n) is 4.78. The van der Waals surface area contributed by atoms with Crippen molar-refractivity contribution in [2.45, 2.75) is 12.8 Å². The van der Waals surface area contributed by atoms with Crippen molar-refractivity contribution < 1.29 is 14.3 Å². The fraction of sp³-hybridized carbons (Fsp3) is 0.462. The van der Waals surface area contributed by atoms with Gasteiger partial charge in [0, 0.05) is 19.0 Å². The van der Waals surface area contributed by atoms with Crippen LogP contribution >= 0.6 is 0 Å². The molecule has 0 amide bonds. The molecule has 3 nitrogen and oxygen atoms in total. The normalized spacial score (nSPS) is 25.1. The van der Waals surface area contributed by atoms with E-state index in [2.05, 4.69) is 0 Å². The van der Waals surface area contributed by atoms with Crippen LogP contribution < -0.4 is 0 Å². The SMILES string of the molecule is Cc1cc(C2CN(C)CC2C(=O)O)ccc1F. The van der Waals surface area contributed by atoms with Gasteiger partial charge in [0.25, 0.3) is 0 Å². The fourth-order valence-electron chi connectivity index (χ4n) is 2.49. The largest absolute Gasteiger partial charge is 0.481 e. The Labute approximate surface area is 99.9 Å². The van der Waals surface area contributed by atoms with Crippen LogP contribution in [0.5, 0.6) is 0 Å². The molecule has 2 unspecified atom stereocenters. The Morgan fingerprint density at radius 2 is 2.18 bits per heavy atom. The summed E-state index contributed by atoms with van der Waals surface area (Å²) in [5.41, 5.74) is 1.49. The molecular formula is C13H16FNO2. The number of likely N-dealkylation sites (tertiary alicyclic amines) is 1. The zero-order valence-electron chi connectivity index (χ0n) is 9.98. The van der Waals surface area contributed by atoms with Gasteiger partial charge in [-0.15, -0.1) is 0 Å². The van der Waals surface area contributed by atoms with Crippen molar-refractivity contribution in [3.8, 4) is 0 Å². The van der Waals surface area contributed by atoms with E-state index in [9.17, 15) is 14.3 Å². The summed E-state index contributed by atoms with van der Waals surface area (Å²) in [6, 6.07) is 4.87. The third-order valence-corrected chi connectivity index (χ3v) is 3.43. The highest BCUT2D eigenvalue weighted by molar-refractivity contribution is 5.72. The third-order valence-electron chi connectivity index (χ3n) is 3.43. The van der Waals surface area contributed by atoms with Gasteiger partial charge in [-0.2, -0.15) is 0 Å². The Balaban J connectivity index is 2.31. The molecule has 1 aliphatic rings. The van der Waals surface area contributed by atoms with Crippen molar-refractivity contribution in [1.29, 1.82) is 0 Å². The van der Waals surface area contributed by atoms with Crippen LogP contribution in [-0.2, 0) is 4.79 Å². The van der Waals surface area contributed by atoms with Crippen molar-refractivity contribution in [2.75, 3.05) is 20.1 Å². The molecule has 1 fully saturated rings. The molecule has 2 atom stereocenters. The Kier molecular flexibility index (Phi) is 3.15. The van der Waals surface area contributed by atoms with Gasteiger partial charge in [-0.3, -0.25) is 4.79 Å². The number of carboxylic acids is 1. The van der Waals surface area contributed by atoms with Crippen LogP contribution in [-0.4, -0.2) is 36.1 Å². The van der Waals surface area contributed by atoms with Crippen molar-refractivity contribution >= 4 is 5.97 Å². The Bertz CT molecular complexity index is 447. The Morgan fingerprint density at radius 3 is 2.76 bits per heavy atom. The summed E-state index contributed by atoms with van der Waals surface area (Å²) in [5.74, 6) is -1.46. The van der Waals surface area contributed by atoms with Crippen LogP contribution in [0.15, 0.2) is 18.2 Å². The van der Waals surface area contributed by atoms with Crippen LogP contribution in [0.4, 0.5) is 4.39 Å². The molecule has 1 aromatic rings. The van der Waals surface area contributed by atoms with Gasteiger partial charge >= 0.3 is 5.97 Å². The highest BCUT2D eigenvalue weighted by Gasteiger charge is 2.36. The lowest BCUT2D eigenvalue weighted by atomic mass is 9.88. The van der Waals surface area contributed by atoms with E-state index in [0.29, 0.717) is 18.7 Å². The van der Waals surface area contributed by atoms with E-state index in [1.54, 1.807) is 19.1 Å². The van der Waals surface area contributed by atoms with E-state index in [1.807, 2.05) is 11.9 Å². The van der Waals surface area contributed by atoms with Gasteiger partial charge in [0.05, 0.1) is 5.92 Å². The van der Waals surface area contributed by atoms with Crippen LogP contribution in [0.1, 0.15) is 17.0 Å². The zero-order chi connectivity index (χ0) is 12.6. The maximum atomic E-state index is 13.2. The average molecular weight is 237 g/mol. The minimum Gasteiger partial charge on any atom is -0.481 e. The second kappa shape index (κ2) is 4.45. The number of likely N-dealkylation sites (N-methyl/N-ethyl adjacent to an activating group) is 1. The van der Waals surface area contributed by atoms with Crippen molar-refractivity contribution in [3.63, 3.8) is 0 Å². The van der Waals surface area contributed by atoms with Crippen molar-refractivity contribution in [3.05, 3.63) is 35.1 Å². The number of hydrogen-bond acceptors (Lipinski definition) is 2.